The van der Waals surface area contributed by atoms with Crippen molar-refractivity contribution >= 4 is 11.4 Å². The minimum Gasteiger partial charge on any atom is -0.381 e. The van der Waals surface area contributed by atoms with Crippen LogP contribution in [0.3, 0.4) is 0 Å². The van der Waals surface area contributed by atoms with Crippen molar-refractivity contribution in [3.05, 3.63) is 59.7 Å². The molecule has 0 amide bonds. The van der Waals surface area contributed by atoms with Gasteiger partial charge in [0.15, 0.2) is 0 Å². The van der Waals surface area contributed by atoms with Gasteiger partial charge in [-0.3, -0.25) is 0 Å². The Balaban J connectivity index is 1.61. The molecule has 0 bridgehead atoms. The second-order valence-electron chi connectivity index (χ2n) is 5.41. The number of nitriles is 1. The van der Waals surface area contributed by atoms with E-state index in [4.69, 9.17) is 5.26 Å². The largest absolute Gasteiger partial charge is 0.381 e. The monoisotopic (exact) mass is 277 g/mol. The van der Waals surface area contributed by atoms with E-state index >= 15 is 0 Å². The Morgan fingerprint density at radius 2 is 1.81 bits per heavy atom. The quantitative estimate of drug-likeness (QED) is 0.924. The molecule has 1 saturated heterocycles. The first-order chi connectivity index (χ1) is 10.3. The minimum atomic E-state index is 0.685. The first-order valence-corrected chi connectivity index (χ1v) is 7.43. The van der Waals surface area contributed by atoms with E-state index in [1.165, 1.54) is 37.2 Å². The van der Waals surface area contributed by atoms with Crippen LogP contribution in [0.5, 0.6) is 0 Å². The number of nitrogens with zero attached hydrogens (tertiary/aromatic N) is 2. The van der Waals surface area contributed by atoms with E-state index in [2.05, 4.69) is 40.6 Å². The van der Waals surface area contributed by atoms with Gasteiger partial charge in [-0.2, -0.15) is 5.26 Å². The Morgan fingerprint density at radius 1 is 1.05 bits per heavy atom. The molecule has 106 valence electrons. The number of benzene rings is 2. The average molecular weight is 277 g/mol. The predicted octanol–water partition coefficient (Wildman–Crippen LogP) is 3.77. The van der Waals surface area contributed by atoms with E-state index in [0.29, 0.717) is 5.56 Å². The van der Waals surface area contributed by atoms with Crippen LogP contribution in [0.25, 0.3) is 0 Å². The molecular weight excluding hydrogens is 258 g/mol. The van der Waals surface area contributed by atoms with Crippen molar-refractivity contribution < 1.29 is 0 Å². The van der Waals surface area contributed by atoms with Gasteiger partial charge in [0.25, 0.3) is 0 Å². The molecule has 0 unspecified atom stereocenters. The predicted molar refractivity (Wildman–Crippen MR) is 86.4 cm³/mol. The van der Waals surface area contributed by atoms with Crippen LogP contribution < -0.4 is 10.2 Å². The van der Waals surface area contributed by atoms with E-state index in [1.54, 1.807) is 0 Å². The fourth-order valence-corrected chi connectivity index (χ4v) is 2.70. The van der Waals surface area contributed by atoms with Gasteiger partial charge in [-0.15, -0.1) is 0 Å². The van der Waals surface area contributed by atoms with Crippen molar-refractivity contribution in [2.24, 2.45) is 0 Å². The van der Waals surface area contributed by atoms with Crippen molar-refractivity contribution in [2.45, 2.75) is 19.4 Å². The highest BCUT2D eigenvalue weighted by Crippen LogP contribution is 2.21. The zero-order valence-electron chi connectivity index (χ0n) is 12.0. The van der Waals surface area contributed by atoms with Gasteiger partial charge in [-0.05, 0) is 48.7 Å². The van der Waals surface area contributed by atoms with Gasteiger partial charge in [0, 0.05) is 31.0 Å². The molecule has 0 atom stereocenters. The van der Waals surface area contributed by atoms with E-state index in [-0.39, 0.29) is 0 Å². The summed E-state index contributed by atoms with van der Waals surface area (Å²) in [5, 5.41) is 12.3. The standard InChI is InChI=1S/C18H19N3/c19-13-16-4-3-5-17(12-16)20-14-15-6-8-18(9-7-15)21-10-1-2-11-21/h3-9,12,20H,1-2,10-11,14H2. The fraction of sp³-hybridized carbons (Fsp3) is 0.278. The van der Waals surface area contributed by atoms with Crippen molar-refractivity contribution in [1.82, 2.24) is 0 Å². The Hall–Kier alpha value is -2.47. The SMILES string of the molecule is N#Cc1cccc(NCc2ccc(N3CCCC3)cc2)c1. The maximum atomic E-state index is 8.90. The lowest BCUT2D eigenvalue weighted by atomic mass is 10.1. The van der Waals surface area contributed by atoms with Gasteiger partial charge in [0.2, 0.25) is 0 Å². The summed E-state index contributed by atoms with van der Waals surface area (Å²) >= 11 is 0. The van der Waals surface area contributed by atoms with Crippen molar-refractivity contribution in [3.63, 3.8) is 0 Å². The van der Waals surface area contributed by atoms with Crippen molar-refractivity contribution in [2.75, 3.05) is 23.3 Å². The molecule has 1 aliphatic heterocycles. The highest BCUT2D eigenvalue weighted by molar-refractivity contribution is 5.51. The summed E-state index contributed by atoms with van der Waals surface area (Å²) in [4.78, 5) is 2.44. The van der Waals surface area contributed by atoms with Crippen molar-refractivity contribution in [3.8, 4) is 6.07 Å². The maximum Gasteiger partial charge on any atom is 0.0992 e. The second kappa shape index (κ2) is 6.32. The Bertz CT molecular complexity index is 634. The molecule has 1 fully saturated rings. The molecule has 0 radical (unpaired) electrons. The van der Waals surface area contributed by atoms with Gasteiger partial charge in [0.1, 0.15) is 0 Å². The number of anilines is 2. The third kappa shape index (κ3) is 3.35. The van der Waals surface area contributed by atoms with Crippen LogP contribution >= 0.6 is 0 Å². The minimum absolute atomic E-state index is 0.685. The summed E-state index contributed by atoms with van der Waals surface area (Å²) in [6.07, 6.45) is 2.61. The van der Waals surface area contributed by atoms with Crippen LogP contribution in [0.2, 0.25) is 0 Å². The van der Waals surface area contributed by atoms with Crippen LogP contribution in [0.4, 0.5) is 11.4 Å². The molecule has 0 aliphatic carbocycles. The number of hydrogen-bond acceptors (Lipinski definition) is 3. The molecule has 0 saturated carbocycles. The number of hydrogen-bond donors (Lipinski definition) is 1. The molecule has 1 heterocycles. The molecule has 21 heavy (non-hydrogen) atoms. The smallest absolute Gasteiger partial charge is 0.0992 e. The van der Waals surface area contributed by atoms with E-state index in [0.717, 1.165) is 12.2 Å². The van der Waals surface area contributed by atoms with Crippen LogP contribution in [-0.2, 0) is 6.54 Å². The first kappa shape index (κ1) is 13.5. The Morgan fingerprint density at radius 3 is 2.52 bits per heavy atom. The van der Waals surface area contributed by atoms with Crippen molar-refractivity contribution in [1.29, 1.82) is 5.26 Å². The van der Waals surface area contributed by atoms with E-state index in [9.17, 15) is 0 Å². The molecule has 2 aromatic rings. The average Bonchev–Trinajstić information content (AvgIpc) is 3.08. The lowest BCUT2D eigenvalue weighted by Gasteiger charge is -2.17. The highest BCUT2D eigenvalue weighted by atomic mass is 15.1. The molecular formula is C18H19N3. The third-order valence-electron chi connectivity index (χ3n) is 3.90. The first-order valence-electron chi connectivity index (χ1n) is 7.43. The zero-order valence-corrected chi connectivity index (χ0v) is 12.0. The summed E-state index contributed by atoms with van der Waals surface area (Å²) in [7, 11) is 0. The van der Waals surface area contributed by atoms with Gasteiger partial charge in [-0.25, -0.2) is 0 Å². The van der Waals surface area contributed by atoms with E-state index < -0.39 is 0 Å². The molecule has 3 nitrogen and oxygen atoms in total. The summed E-state index contributed by atoms with van der Waals surface area (Å²) in [6, 6.07) is 18.5. The lowest BCUT2D eigenvalue weighted by Crippen LogP contribution is -2.17. The summed E-state index contributed by atoms with van der Waals surface area (Å²) < 4.78 is 0. The van der Waals surface area contributed by atoms with Gasteiger partial charge >= 0.3 is 0 Å². The van der Waals surface area contributed by atoms with Crippen LogP contribution in [0, 0.1) is 11.3 Å². The number of nitrogens with one attached hydrogen (secondary N) is 1. The molecule has 3 heteroatoms. The second-order valence-corrected chi connectivity index (χ2v) is 5.41. The summed E-state index contributed by atoms with van der Waals surface area (Å²) in [5.74, 6) is 0. The van der Waals surface area contributed by atoms with Crippen LogP contribution in [0.1, 0.15) is 24.0 Å². The fourth-order valence-electron chi connectivity index (χ4n) is 2.70. The Labute approximate surface area is 125 Å². The zero-order chi connectivity index (χ0) is 14.5. The topological polar surface area (TPSA) is 39.1 Å². The normalized spacial score (nSPS) is 14.0. The molecule has 1 N–H and O–H groups in total. The van der Waals surface area contributed by atoms with Crippen LogP contribution in [0.15, 0.2) is 48.5 Å². The van der Waals surface area contributed by atoms with Gasteiger partial charge in [-0.1, -0.05) is 18.2 Å². The molecule has 3 rings (SSSR count). The summed E-state index contributed by atoms with van der Waals surface area (Å²) in [5.41, 5.74) is 4.24. The van der Waals surface area contributed by atoms with E-state index in [1.807, 2.05) is 24.3 Å². The molecule has 1 aliphatic rings. The van der Waals surface area contributed by atoms with Crippen LogP contribution in [-0.4, -0.2) is 13.1 Å². The number of rotatable bonds is 4. The highest BCUT2D eigenvalue weighted by Gasteiger charge is 2.11. The van der Waals surface area contributed by atoms with Gasteiger partial charge < -0.3 is 10.2 Å². The molecule has 2 aromatic carbocycles. The lowest BCUT2D eigenvalue weighted by molar-refractivity contribution is 0.949. The Kier molecular flexibility index (Phi) is 4.07. The molecule has 0 aromatic heterocycles. The molecule has 0 spiro atoms. The third-order valence-corrected chi connectivity index (χ3v) is 3.90. The van der Waals surface area contributed by atoms with Gasteiger partial charge in [0.05, 0.1) is 11.6 Å². The maximum absolute atomic E-state index is 8.90. The summed E-state index contributed by atoms with van der Waals surface area (Å²) in [6.45, 7) is 3.13.